The highest BCUT2D eigenvalue weighted by molar-refractivity contribution is 7.88. The lowest BCUT2D eigenvalue weighted by Crippen LogP contribution is -2.50. The van der Waals surface area contributed by atoms with Crippen molar-refractivity contribution in [2.75, 3.05) is 45.5 Å². The first-order valence-electron chi connectivity index (χ1n) is 26.5. The van der Waals surface area contributed by atoms with Crippen LogP contribution < -0.4 is 19.5 Å². The van der Waals surface area contributed by atoms with Crippen LogP contribution >= 0.6 is 0 Å². The van der Waals surface area contributed by atoms with Crippen LogP contribution in [0.25, 0.3) is 33.9 Å². The molecular formula is C57H68N12O9S. The van der Waals surface area contributed by atoms with Crippen molar-refractivity contribution >= 4 is 39.3 Å². The van der Waals surface area contributed by atoms with Gasteiger partial charge in [-0.15, -0.1) is 20.4 Å². The van der Waals surface area contributed by atoms with E-state index in [0.29, 0.717) is 76.6 Å². The third-order valence-electron chi connectivity index (χ3n) is 13.5. The summed E-state index contributed by atoms with van der Waals surface area (Å²) in [6.45, 7) is 16.3. The second-order valence-electron chi connectivity index (χ2n) is 22.1. The van der Waals surface area contributed by atoms with E-state index in [1.807, 2.05) is 114 Å². The number of rotatable bonds is 11. The van der Waals surface area contributed by atoms with Gasteiger partial charge in [0, 0.05) is 94.1 Å². The molecule has 2 aromatic heterocycles. The molecule has 4 aliphatic heterocycles. The predicted octanol–water partition coefficient (Wildman–Crippen LogP) is 7.55. The summed E-state index contributed by atoms with van der Waals surface area (Å²) in [6.07, 6.45) is 7.60. The number of aromatic nitrogens is 8. The summed E-state index contributed by atoms with van der Waals surface area (Å²) in [5.74, 6) is 2.55. The van der Waals surface area contributed by atoms with Gasteiger partial charge in [0.25, 0.3) is 0 Å². The molecule has 6 heterocycles. The third kappa shape index (κ3) is 14.2. The number of nitrogens with zero attached hydrogens (tertiary/aromatic N) is 10. The SMILES string of the molecule is CC(=O)NCCn1nnc(-c2ccc(C3=CC4(CCN(C(=O)OC(C)(C)C)CC4)Oc4ccccc43)cc2)n1.CC(C)(C)OC(=O)N1CCC2(C=C(c3ccc(-c4nnn(CCNS(C)(=O)=O)n4)cc3)c3ccccc3O2)CC1. The Kier molecular flexibility index (Phi) is 16.1. The van der Waals surface area contributed by atoms with Crippen molar-refractivity contribution in [2.24, 2.45) is 0 Å². The van der Waals surface area contributed by atoms with E-state index in [0.717, 1.165) is 62.3 Å². The number of tetrazole rings is 2. The molecule has 416 valence electrons. The molecular weight excluding hydrogens is 1030 g/mol. The van der Waals surface area contributed by atoms with Gasteiger partial charge in [-0.25, -0.2) is 22.7 Å². The summed E-state index contributed by atoms with van der Waals surface area (Å²) in [4.78, 5) is 42.7. The summed E-state index contributed by atoms with van der Waals surface area (Å²) >= 11 is 0. The smallest absolute Gasteiger partial charge is 0.410 e. The number of para-hydroxylation sites is 2. The number of amides is 3. The standard InChI is InChI=1S/C29H34N6O4.C28H34N6O5S/c1-20(36)30-15-18-35-32-26(31-33-35)22-11-9-21(10-12-22)24-19-29(38-25-8-6-5-7-23(24)25)13-16-34(17-14-29)27(37)39-28(2,3)4;1-27(2,3)39-26(35)33-16-13-28(14-17-33)19-23(22-7-5-6-8-24(22)38-28)20-9-11-21(12-10-20)25-30-32-34(31-25)18-15-29-40(4,36)37/h5-12,19H,13-18H2,1-4H3,(H,30,36);5-12,19,29H,13-18H2,1-4H3. The van der Waals surface area contributed by atoms with Gasteiger partial charge in [0.1, 0.15) is 33.9 Å². The zero-order valence-corrected chi connectivity index (χ0v) is 46.7. The Morgan fingerprint density at radius 2 is 0.962 bits per heavy atom. The van der Waals surface area contributed by atoms with E-state index in [1.165, 1.54) is 16.5 Å². The molecule has 10 rings (SSSR count). The van der Waals surface area contributed by atoms with Crippen LogP contribution in [0, 0.1) is 0 Å². The van der Waals surface area contributed by atoms with Gasteiger partial charge in [-0.1, -0.05) is 84.9 Å². The fourth-order valence-corrected chi connectivity index (χ4v) is 10.1. The fraction of sp³-hybridized carbons (Fsp3) is 0.421. The van der Waals surface area contributed by atoms with Crippen LogP contribution in [0.3, 0.4) is 0 Å². The van der Waals surface area contributed by atoms with Gasteiger partial charge in [0.05, 0.1) is 19.3 Å². The summed E-state index contributed by atoms with van der Waals surface area (Å²) in [6, 6.07) is 32.1. The van der Waals surface area contributed by atoms with Crippen molar-refractivity contribution in [3.05, 3.63) is 131 Å². The number of carbonyl (C=O) groups is 3. The summed E-state index contributed by atoms with van der Waals surface area (Å²) in [5, 5.41) is 27.9. The second-order valence-corrected chi connectivity index (χ2v) is 23.9. The van der Waals surface area contributed by atoms with Crippen LogP contribution in [-0.4, -0.2) is 145 Å². The molecule has 0 aliphatic carbocycles. The van der Waals surface area contributed by atoms with Gasteiger partial charge in [0.15, 0.2) is 0 Å². The Morgan fingerprint density at radius 1 is 0.582 bits per heavy atom. The second kappa shape index (κ2) is 22.8. The van der Waals surface area contributed by atoms with Gasteiger partial charge < -0.3 is 34.1 Å². The Hall–Kier alpha value is -7.98. The molecule has 3 amide bonds. The lowest BCUT2D eigenvalue weighted by Gasteiger charge is -2.43. The molecule has 0 atom stereocenters. The first-order valence-corrected chi connectivity index (χ1v) is 28.3. The Labute approximate surface area is 460 Å². The molecule has 4 aromatic carbocycles. The summed E-state index contributed by atoms with van der Waals surface area (Å²) < 4.78 is 49.2. The number of hydrogen-bond acceptors (Lipinski definition) is 15. The topological polar surface area (TPSA) is 240 Å². The monoisotopic (exact) mass is 1100 g/mol. The fourth-order valence-electron chi connectivity index (χ4n) is 9.66. The number of ether oxygens (including phenoxy) is 4. The maximum absolute atomic E-state index is 12.6. The molecule has 22 heteroatoms. The molecule has 79 heavy (non-hydrogen) atoms. The van der Waals surface area contributed by atoms with Crippen molar-refractivity contribution < 1.29 is 41.7 Å². The first kappa shape index (κ1) is 55.8. The minimum absolute atomic E-state index is 0.0923. The van der Waals surface area contributed by atoms with E-state index in [1.54, 1.807) is 9.80 Å². The van der Waals surface area contributed by atoms with Gasteiger partial charge in [0.2, 0.25) is 27.6 Å². The minimum Gasteiger partial charge on any atom is -0.482 e. The van der Waals surface area contributed by atoms with Crippen molar-refractivity contribution in [1.29, 1.82) is 0 Å². The van der Waals surface area contributed by atoms with Crippen LogP contribution in [-0.2, 0) is 37.4 Å². The zero-order chi connectivity index (χ0) is 56.2. The van der Waals surface area contributed by atoms with Gasteiger partial charge >= 0.3 is 12.2 Å². The highest BCUT2D eigenvalue weighted by Crippen LogP contribution is 2.45. The molecule has 6 aromatic rings. The highest BCUT2D eigenvalue weighted by Gasteiger charge is 2.42. The minimum atomic E-state index is -3.28. The van der Waals surface area contributed by atoms with Crippen LogP contribution in [0.15, 0.2) is 109 Å². The van der Waals surface area contributed by atoms with Crippen LogP contribution in [0.1, 0.15) is 96.4 Å². The lowest BCUT2D eigenvalue weighted by molar-refractivity contribution is -0.119. The quantitative estimate of drug-likeness (QED) is 0.127. The maximum Gasteiger partial charge on any atom is 0.410 e. The van der Waals surface area contributed by atoms with E-state index in [-0.39, 0.29) is 31.2 Å². The largest absolute Gasteiger partial charge is 0.482 e. The van der Waals surface area contributed by atoms with Crippen molar-refractivity contribution in [3.63, 3.8) is 0 Å². The number of sulfonamides is 1. The maximum atomic E-state index is 12.6. The number of benzene rings is 4. The molecule has 21 nitrogen and oxygen atoms in total. The molecule has 0 unspecified atom stereocenters. The molecule has 0 bridgehead atoms. The molecule has 0 radical (unpaired) electrons. The molecule has 2 N–H and O–H groups in total. The van der Waals surface area contributed by atoms with Crippen molar-refractivity contribution in [2.45, 2.75) is 110 Å². The van der Waals surface area contributed by atoms with E-state index >= 15 is 0 Å². The van der Waals surface area contributed by atoms with Crippen LogP contribution in [0.2, 0.25) is 0 Å². The summed E-state index contributed by atoms with van der Waals surface area (Å²) in [7, 11) is -3.28. The Bertz CT molecular complexity index is 3340. The molecule has 4 aliphatic rings. The normalized spacial score (nSPS) is 16.5. The van der Waals surface area contributed by atoms with E-state index in [9.17, 15) is 22.8 Å². The van der Waals surface area contributed by atoms with Gasteiger partial charge in [-0.2, -0.15) is 9.59 Å². The molecule has 0 saturated carbocycles. The predicted molar refractivity (Wildman–Crippen MR) is 296 cm³/mol. The van der Waals surface area contributed by atoms with Crippen molar-refractivity contribution in [1.82, 2.24) is 60.3 Å². The average molecular weight is 1100 g/mol. The lowest BCUT2D eigenvalue weighted by atomic mass is 9.83. The number of piperidine rings is 2. The zero-order valence-electron chi connectivity index (χ0n) is 45.9. The van der Waals surface area contributed by atoms with Crippen molar-refractivity contribution in [3.8, 4) is 34.3 Å². The van der Waals surface area contributed by atoms with E-state index in [2.05, 4.69) is 77.3 Å². The van der Waals surface area contributed by atoms with Crippen LogP contribution in [0.5, 0.6) is 11.5 Å². The van der Waals surface area contributed by atoms with Crippen LogP contribution in [0.4, 0.5) is 9.59 Å². The average Bonchev–Trinajstić information content (AvgIpc) is 4.23. The number of fused-ring (bicyclic) bond motifs is 2. The van der Waals surface area contributed by atoms with Gasteiger partial charge in [-0.3, -0.25) is 4.79 Å². The molecule has 2 fully saturated rings. The first-order chi connectivity index (χ1) is 37.5. The Balaban J connectivity index is 0.000000192. The van der Waals surface area contributed by atoms with E-state index < -0.39 is 32.4 Å². The number of carbonyl (C=O) groups excluding carboxylic acids is 3. The third-order valence-corrected chi connectivity index (χ3v) is 14.2. The Morgan fingerprint density at radius 3 is 1.34 bits per heavy atom. The number of hydrogen-bond donors (Lipinski definition) is 2. The number of likely N-dealkylation sites (tertiary alicyclic amines) is 2. The van der Waals surface area contributed by atoms with E-state index in [4.69, 9.17) is 18.9 Å². The molecule has 2 spiro atoms. The summed E-state index contributed by atoms with van der Waals surface area (Å²) in [5.41, 5.74) is 5.86. The highest BCUT2D eigenvalue weighted by atomic mass is 32.2. The van der Waals surface area contributed by atoms with Gasteiger partial charge in [-0.05, 0) is 98.5 Å². The number of nitrogens with one attached hydrogen (secondary N) is 2. The molecule has 2 saturated heterocycles.